The molecule has 0 spiro atoms. The lowest BCUT2D eigenvalue weighted by Crippen LogP contribution is -2.21. The summed E-state index contributed by atoms with van der Waals surface area (Å²) in [6, 6.07) is 2.15. The van der Waals surface area contributed by atoms with Crippen LogP contribution in [0.5, 0.6) is 0 Å². The Balaban J connectivity index is 0.000000166. The molecule has 2 aliphatic rings. The fourth-order valence-electron chi connectivity index (χ4n) is 3.85. The SMILES string of the molecule is CC.CC1CCN(Cc2ncccn2)C1.O=c1[nH]cnc2c1cnn2C1CCOCC1. The minimum absolute atomic E-state index is 0.136. The van der Waals surface area contributed by atoms with Crippen LogP contribution in [0.2, 0.25) is 0 Å². The summed E-state index contributed by atoms with van der Waals surface area (Å²) in [6.45, 7) is 11.1. The van der Waals surface area contributed by atoms with Crippen molar-refractivity contribution in [3.8, 4) is 0 Å². The number of H-pyrrole nitrogens is 1. The highest BCUT2D eigenvalue weighted by atomic mass is 16.5. The molecule has 0 aliphatic carbocycles. The summed E-state index contributed by atoms with van der Waals surface area (Å²) in [6.07, 6.45) is 9.77. The quantitative estimate of drug-likeness (QED) is 0.686. The molecule has 9 nitrogen and oxygen atoms in total. The first-order valence-corrected chi connectivity index (χ1v) is 11.2. The second-order valence-electron chi connectivity index (χ2n) is 7.70. The Bertz CT molecular complexity index is 967. The van der Waals surface area contributed by atoms with Crippen LogP contribution in [-0.2, 0) is 11.3 Å². The number of hydrogen-bond donors (Lipinski definition) is 1. The van der Waals surface area contributed by atoms with Crippen molar-refractivity contribution < 1.29 is 4.74 Å². The van der Waals surface area contributed by atoms with Crippen molar-refractivity contribution in [1.29, 1.82) is 0 Å². The average molecular weight is 428 g/mol. The van der Waals surface area contributed by atoms with Gasteiger partial charge in [0.1, 0.15) is 11.2 Å². The van der Waals surface area contributed by atoms with E-state index in [0.717, 1.165) is 44.3 Å². The van der Waals surface area contributed by atoms with Crippen LogP contribution in [0.4, 0.5) is 0 Å². The molecular formula is C22H33N7O2. The van der Waals surface area contributed by atoms with E-state index < -0.39 is 0 Å². The Morgan fingerprint density at radius 2 is 1.87 bits per heavy atom. The van der Waals surface area contributed by atoms with Gasteiger partial charge in [-0.15, -0.1) is 0 Å². The molecule has 5 heterocycles. The Kier molecular flexibility index (Phi) is 8.66. The van der Waals surface area contributed by atoms with Crippen molar-refractivity contribution in [2.75, 3.05) is 26.3 Å². The second-order valence-corrected chi connectivity index (χ2v) is 7.70. The van der Waals surface area contributed by atoms with E-state index in [1.54, 1.807) is 6.20 Å². The van der Waals surface area contributed by atoms with Crippen LogP contribution in [0.1, 0.15) is 51.9 Å². The monoisotopic (exact) mass is 427 g/mol. The van der Waals surface area contributed by atoms with E-state index in [9.17, 15) is 4.79 Å². The predicted molar refractivity (Wildman–Crippen MR) is 120 cm³/mol. The molecule has 3 aromatic heterocycles. The van der Waals surface area contributed by atoms with Crippen molar-refractivity contribution in [3.05, 3.63) is 47.2 Å². The first-order valence-electron chi connectivity index (χ1n) is 11.2. The van der Waals surface area contributed by atoms with Gasteiger partial charge in [0.2, 0.25) is 0 Å². The number of hydrogen-bond acceptors (Lipinski definition) is 7. The van der Waals surface area contributed by atoms with Crippen molar-refractivity contribution in [1.82, 2.24) is 34.6 Å². The maximum Gasteiger partial charge on any atom is 0.261 e. The van der Waals surface area contributed by atoms with Gasteiger partial charge >= 0.3 is 0 Å². The summed E-state index contributed by atoms with van der Waals surface area (Å²) in [5.41, 5.74) is 0.527. The number of aromatic nitrogens is 6. The van der Waals surface area contributed by atoms with E-state index in [1.165, 1.54) is 25.8 Å². The Morgan fingerprint density at radius 1 is 1.13 bits per heavy atom. The van der Waals surface area contributed by atoms with Gasteiger partial charge in [-0.2, -0.15) is 5.10 Å². The van der Waals surface area contributed by atoms with E-state index in [2.05, 4.69) is 36.9 Å². The minimum Gasteiger partial charge on any atom is -0.381 e. The maximum absolute atomic E-state index is 11.5. The van der Waals surface area contributed by atoms with E-state index in [1.807, 2.05) is 37.0 Å². The molecule has 1 atom stereocenters. The maximum atomic E-state index is 11.5. The fourth-order valence-corrected chi connectivity index (χ4v) is 3.85. The predicted octanol–water partition coefficient (Wildman–Crippen LogP) is 2.82. The molecule has 9 heteroatoms. The average Bonchev–Trinajstić information content (AvgIpc) is 3.44. The standard InChI is InChI=1S/C10H12N4O2.C10H15N3.C2H6/c15-10-8-5-13-14(9(8)11-6-12-10)7-1-3-16-4-2-7;1-9-3-6-13(7-9)8-10-11-4-2-5-12-10;1-2/h5-7H,1-4H2,(H,11,12,15);2,4-5,9H,3,6-8H2,1H3;1-2H3. The van der Waals surface area contributed by atoms with Crippen LogP contribution in [0.3, 0.4) is 0 Å². The molecule has 0 bridgehead atoms. The van der Waals surface area contributed by atoms with Gasteiger partial charge < -0.3 is 9.72 Å². The molecule has 168 valence electrons. The molecule has 1 N–H and O–H groups in total. The smallest absolute Gasteiger partial charge is 0.261 e. The molecule has 2 fully saturated rings. The van der Waals surface area contributed by atoms with Crippen LogP contribution in [-0.4, -0.2) is 60.9 Å². The highest BCUT2D eigenvalue weighted by Crippen LogP contribution is 2.22. The summed E-state index contributed by atoms with van der Waals surface area (Å²) in [5.74, 6) is 1.78. The normalized spacial score (nSPS) is 19.4. The van der Waals surface area contributed by atoms with Gasteiger partial charge in [-0.05, 0) is 37.8 Å². The molecule has 0 saturated carbocycles. The second kappa shape index (κ2) is 11.7. The van der Waals surface area contributed by atoms with Crippen LogP contribution in [0.25, 0.3) is 11.0 Å². The van der Waals surface area contributed by atoms with Crippen molar-refractivity contribution in [2.24, 2.45) is 5.92 Å². The molecule has 0 aromatic carbocycles. The Morgan fingerprint density at radius 3 is 2.55 bits per heavy atom. The minimum atomic E-state index is -0.136. The number of likely N-dealkylation sites (tertiary alicyclic amines) is 1. The zero-order chi connectivity index (χ0) is 22.1. The van der Waals surface area contributed by atoms with Crippen molar-refractivity contribution in [3.63, 3.8) is 0 Å². The van der Waals surface area contributed by atoms with Gasteiger partial charge in [-0.25, -0.2) is 19.6 Å². The number of rotatable bonds is 3. The summed E-state index contributed by atoms with van der Waals surface area (Å²) in [4.78, 5) is 29.1. The third-order valence-corrected chi connectivity index (χ3v) is 5.43. The van der Waals surface area contributed by atoms with Crippen molar-refractivity contribution >= 4 is 11.0 Å². The highest BCUT2D eigenvalue weighted by Gasteiger charge is 2.20. The van der Waals surface area contributed by atoms with Gasteiger partial charge in [0.05, 0.1) is 25.1 Å². The summed E-state index contributed by atoms with van der Waals surface area (Å²) in [7, 11) is 0. The number of ether oxygens (including phenoxy) is 1. The lowest BCUT2D eigenvalue weighted by Gasteiger charge is -2.22. The third-order valence-electron chi connectivity index (χ3n) is 5.43. The van der Waals surface area contributed by atoms with Gasteiger partial charge in [0.25, 0.3) is 5.56 Å². The molecule has 2 aliphatic heterocycles. The summed E-state index contributed by atoms with van der Waals surface area (Å²) >= 11 is 0. The molecule has 1 unspecified atom stereocenters. The number of nitrogens with one attached hydrogen (secondary N) is 1. The Hall–Kier alpha value is -2.65. The van der Waals surface area contributed by atoms with Crippen molar-refractivity contribution in [2.45, 2.75) is 52.6 Å². The first-order chi connectivity index (χ1) is 15.2. The lowest BCUT2D eigenvalue weighted by molar-refractivity contribution is 0.0673. The molecule has 31 heavy (non-hydrogen) atoms. The largest absolute Gasteiger partial charge is 0.381 e. The lowest BCUT2D eigenvalue weighted by atomic mass is 10.1. The molecular weight excluding hydrogens is 394 g/mol. The highest BCUT2D eigenvalue weighted by molar-refractivity contribution is 5.72. The van der Waals surface area contributed by atoms with Crippen LogP contribution >= 0.6 is 0 Å². The topological polar surface area (TPSA) is 102 Å². The van der Waals surface area contributed by atoms with Crippen LogP contribution in [0, 0.1) is 5.92 Å². The van der Waals surface area contributed by atoms with E-state index in [0.29, 0.717) is 17.1 Å². The summed E-state index contributed by atoms with van der Waals surface area (Å²) < 4.78 is 7.14. The number of fused-ring (bicyclic) bond motifs is 1. The third kappa shape index (κ3) is 6.18. The van der Waals surface area contributed by atoms with Gasteiger partial charge in [-0.1, -0.05) is 20.8 Å². The van der Waals surface area contributed by atoms with E-state index in [4.69, 9.17) is 4.74 Å². The number of aromatic amines is 1. The Labute approximate surface area is 182 Å². The zero-order valence-electron chi connectivity index (χ0n) is 18.7. The molecule has 5 rings (SSSR count). The first kappa shape index (κ1) is 23.0. The molecule has 0 amide bonds. The molecule has 3 aromatic rings. The van der Waals surface area contributed by atoms with Crippen LogP contribution < -0.4 is 5.56 Å². The summed E-state index contributed by atoms with van der Waals surface area (Å²) in [5, 5.41) is 4.81. The fraction of sp³-hybridized carbons (Fsp3) is 0.591. The molecule has 0 radical (unpaired) electrons. The van der Waals surface area contributed by atoms with Gasteiger partial charge in [0.15, 0.2) is 5.65 Å². The van der Waals surface area contributed by atoms with Gasteiger partial charge in [0, 0.05) is 32.2 Å². The number of nitrogens with zero attached hydrogens (tertiary/aromatic N) is 6. The van der Waals surface area contributed by atoms with E-state index >= 15 is 0 Å². The van der Waals surface area contributed by atoms with Gasteiger partial charge in [-0.3, -0.25) is 9.69 Å². The van der Waals surface area contributed by atoms with E-state index in [-0.39, 0.29) is 5.56 Å². The molecule has 2 saturated heterocycles. The van der Waals surface area contributed by atoms with Crippen LogP contribution in [0.15, 0.2) is 35.8 Å². The zero-order valence-corrected chi connectivity index (χ0v) is 18.7.